The minimum Gasteiger partial charge on any atom is -0.428 e. The molecule has 0 aliphatic carbocycles. The van der Waals surface area contributed by atoms with Crippen LogP contribution in [0.1, 0.15) is 17.0 Å². The number of aromatic nitrogens is 1. The second-order valence-electron chi connectivity index (χ2n) is 3.55. The highest BCUT2D eigenvalue weighted by Crippen LogP contribution is 2.22. The van der Waals surface area contributed by atoms with Crippen LogP contribution >= 0.6 is 11.6 Å². The van der Waals surface area contributed by atoms with E-state index in [1.54, 1.807) is 7.05 Å². The van der Waals surface area contributed by atoms with Crippen molar-refractivity contribution >= 4 is 17.6 Å². The zero-order valence-corrected chi connectivity index (χ0v) is 10.0. The Morgan fingerprint density at radius 1 is 1.38 bits per heavy atom. The molecule has 0 saturated carbocycles. The molecule has 0 spiro atoms. The molecule has 0 fully saturated rings. The molecule has 0 aliphatic rings. The quantitative estimate of drug-likeness (QED) is 0.889. The minimum atomic E-state index is 0.541. The van der Waals surface area contributed by atoms with Crippen molar-refractivity contribution in [3.05, 3.63) is 46.3 Å². The van der Waals surface area contributed by atoms with E-state index in [1.165, 1.54) is 0 Å². The number of aryl methyl sites for hydroxylation is 1. The highest BCUT2D eigenvalue weighted by atomic mass is 35.5. The van der Waals surface area contributed by atoms with Crippen molar-refractivity contribution < 1.29 is 4.42 Å². The number of benzene rings is 1. The zero-order valence-electron chi connectivity index (χ0n) is 9.25. The van der Waals surface area contributed by atoms with Crippen LogP contribution in [-0.2, 0) is 6.42 Å². The summed E-state index contributed by atoms with van der Waals surface area (Å²) >= 11 is 6.09. The van der Waals surface area contributed by atoms with Gasteiger partial charge in [0, 0.05) is 18.5 Å². The second kappa shape index (κ2) is 4.58. The van der Waals surface area contributed by atoms with E-state index in [1.807, 2.05) is 31.2 Å². The van der Waals surface area contributed by atoms with E-state index in [-0.39, 0.29) is 0 Å². The number of hydrogen-bond acceptors (Lipinski definition) is 3. The molecule has 3 nitrogen and oxygen atoms in total. The summed E-state index contributed by atoms with van der Waals surface area (Å²) in [5.74, 6) is 0.845. The topological polar surface area (TPSA) is 38.1 Å². The summed E-state index contributed by atoms with van der Waals surface area (Å²) < 4.78 is 5.54. The van der Waals surface area contributed by atoms with Gasteiger partial charge in [0.05, 0.1) is 5.69 Å². The molecule has 16 heavy (non-hydrogen) atoms. The maximum absolute atomic E-state index is 6.09. The van der Waals surface area contributed by atoms with Gasteiger partial charge in [-0.25, -0.2) is 0 Å². The molecule has 0 bridgehead atoms. The van der Waals surface area contributed by atoms with Gasteiger partial charge in [0.2, 0.25) is 0 Å². The van der Waals surface area contributed by atoms with E-state index >= 15 is 0 Å². The first kappa shape index (κ1) is 11.0. The van der Waals surface area contributed by atoms with Gasteiger partial charge in [-0.15, -0.1) is 0 Å². The Morgan fingerprint density at radius 3 is 2.75 bits per heavy atom. The van der Waals surface area contributed by atoms with Crippen molar-refractivity contribution in [3.8, 4) is 0 Å². The van der Waals surface area contributed by atoms with Gasteiger partial charge in [0.25, 0.3) is 6.01 Å². The van der Waals surface area contributed by atoms with Crippen LogP contribution in [-0.4, -0.2) is 12.0 Å². The van der Waals surface area contributed by atoms with Gasteiger partial charge in [-0.3, -0.25) is 0 Å². The maximum atomic E-state index is 6.09. The average molecular weight is 237 g/mol. The Morgan fingerprint density at radius 2 is 2.12 bits per heavy atom. The van der Waals surface area contributed by atoms with Crippen LogP contribution in [0.25, 0.3) is 0 Å². The summed E-state index contributed by atoms with van der Waals surface area (Å²) in [6.45, 7) is 1.93. The Bertz CT molecular complexity index is 494. The van der Waals surface area contributed by atoms with E-state index in [0.29, 0.717) is 12.4 Å². The third-order valence-corrected chi connectivity index (χ3v) is 2.78. The monoisotopic (exact) mass is 236 g/mol. The molecule has 0 atom stereocenters. The van der Waals surface area contributed by atoms with Crippen LogP contribution < -0.4 is 5.32 Å². The van der Waals surface area contributed by atoms with Crippen molar-refractivity contribution in [1.29, 1.82) is 0 Å². The lowest BCUT2D eigenvalue weighted by Gasteiger charge is -2.01. The Hall–Kier alpha value is -1.48. The first-order valence-corrected chi connectivity index (χ1v) is 5.46. The summed E-state index contributed by atoms with van der Waals surface area (Å²) in [7, 11) is 1.78. The molecule has 1 heterocycles. The molecule has 0 amide bonds. The molecular weight excluding hydrogens is 224 g/mol. The van der Waals surface area contributed by atoms with E-state index < -0.39 is 0 Å². The van der Waals surface area contributed by atoms with E-state index in [9.17, 15) is 0 Å². The van der Waals surface area contributed by atoms with Gasteiger partial charge in [0.1, 0.15) is 5.76 Å². The molecule has 1 aromatic heterocycles. The smallest absolute Gasteiger partial charge is 0.294 e. The van der Waals surface area contributed by atoms with Crippen molar-refractivity contribution in [3.63, 3.8) is 0 Å². The van der Waals surface area contributed by atoms with E-state index in [0.717, 1.165) is 22.0 Å². The van der Waals surface area contributed by atoms with Crippen molar-refractivity contribution in [1.82, 2.24) is 4.98 Å². The normalized spacial score (nSPS) is 10.4. The van der Waals surface area contributed by atoms with Crippen LogP contribution in [0.3, 0.4) is 0 Å². The number of hydrogen-bond donors (Lipinski definition) is 1. The maximum Gasteiger partial charge on any atom is 0.294 e. The number of nitrogens with one attached hydrogen (secondary N) is 1. The fourth-order valence-corrected chi connectivity index (χ4v) is 1.72. The highest BCUT2D eigenvalue weighted by molar-refractivity contribution is 6.31. The summed E-state index contributed by atoms with van der Waals surface area (Å²) in [6.07, 6.45) is 0.667. The summed E-state index contributed by atoms with van der Waals surface area (Å²) in [5, 5.41) is 3.63. The number of nitrogens with zero attached hydrogens (tertiary/aromatic N) is 1. The average Bonchev–Trinajstić information content (AvgIpc) is 2.63. The van der Waals surface area contributed by atoms with E-state index in [2.05, 4.69) is 10.3 Å². The van der Waals surface area contributed by atoms with Gasteiger partial charge >= 0.3 is 0 Å². The number of rotatable bonds is 3. The SMILES string of the molecule is CNc1nc(C)c(Cc2ccccc2Cl)o1. The molecule has 0 unspecified atom stereocenters. The van der Waals surface area contributed by atoms with Crippen molar-refractivity contribution in [2.45, 2.75) is 13.3 Å². The summed E-state index contributed by atoms with van der Waals surface area (Å²) in [5.41, 5.74) is 1.94. The number of halogens is 1. The predicted octanol–water partition coefficient (Wildman–Crippen LogP) is 3.27. The predicted molar refractivity (Wildman–Crippen MR) is 65.0 cm³/mol. The standard InChI is InChI=1S/C12H13ClN2O/c1-8-11(16-12(14-2)15-8)7-9-5-3-4-6-10(9)13/h3-6H,7H2,1-2H3,(H,14,15). The van der Waals surface area contributed by atoms with E-state index in [4.69, 9.17) is 16.0 Å². The fourth-order valence-electron chi connectivity index (χ4n) is 1.51. The highest BCUT2D eigenvalue weighted by Gasteiger charge is 2.10. The molecule has 0 aliphatic heterocycles. The number of oxazole rings is 1. The zero-order chi connectivity index (χ0) is 11.5. The molecule has 84 valence electrons. The van der Waals surface area contributed by atoms with Crippen molar-refractivity contribution in [2.75, 3.05) is 12.4 Å². The second-order valence-corrected chi connectivity index (χ2v) is 3.95. The van der Waals surface area contributed by atoms with Gasteiger partial charge in [-0.2, -0.15) is 4.98 Å². The molecule has 0 saturated heterocycles. The van der Waals surface area contributed by atoms with Gasteiger partial charge in [0.15, 0.2) is 0 Å². The Kier molecular flexibility index (Phi) is 3.15. The third kappa shape index (κ3) is 2.19. The first-order valence-electron chi connectivity index (χ1n) is 5.08. The molecule has 1 N–H and O–H groups in total. The van der Waals surface area contributed by atoms with Crippen LogP contribution in [0.5, 0.6) is 0 Å². The van der Waals surface area contributed by atoms with Crippen LogP contribution in [0.4, 0.5) is 6.01 Å². The van der Waals surface area contributed by atoms with Crippen LogP contribution in [0, 0.1) is 6.92 Å². The lowest BCUT2D eigenvalue weighted by Crippen LogP contribution is -1.89. The summed E-state index contributed by atoms with van der Waals surface area (Å²) in [4.78, 5) is 4.23. The summed E-state index contributed by atoms with van der Waals surface area (Å²) in [6, 6.07) is 8.29. The van der Waals surface area contributed by atoms with Crippen molar-refractivity contribution in [2.24, 2.45) is 0 Å². The molecular formula is C12H13ClN2O. The molecule has 4 heteroatoms. The minimum absolute atomic E-state index is 0.541. The Balaban J connectivity index is 2.27. The van der Waals surface area contributed by atoms with Crippen LogP contribution in [0.2, 0.25) is 5.02 Å². The molecule has 2 aromatic rings. The number of anilines is 1. The van der Waals surface area contributed by atoms with Crippen LogP contribution in [0.15, 0.2) is 28.7 Å². The molecule has 0 radical (unpaired) electrons. The first-order chi connectivity index (χ1) is 7.70. The molecule has 1 aromatic carbocycles. The third-order valence-electron chi connectivity index (χ3n) is 2.42. The lowest BCUT2D eigenvalue weighted by atomic mass is 10.1. The van der Waals surface area contributed by atoms with Gasteiger partial charge in [-0.05, 0) is 18.6 Å². The largest absolute Gasteiger partial charge is 0.428 e. The Labute approximate surface area is 99.5 Å². The molecule has 2 rings (SSSR count). The fraction of sp³-hybridized carbons (Fsp3) is 0.250. The van der Waals surface area contributed by atoms with Gasteiger partial charge in [-0.1, -0.05) is 29.8 Å². The lowest BCUT2D eigenvalue weighted by molar-refractivity contribution is 0.528. The van der Waals surface area contributed by atoms with Gasteiger partial charge < -0.3 is 9.73 Å².